The molecular formula is C26H21F4N5O2. The van der Waals surface area contributed by atoms with Crippen molar-refractivity contribution in [3.8, 4) is 11.5 Å². The van der Waals surface area contributed by atoms with E-state index in [9.17, 15) is 22.4 Å². The van der Waals surface area contributed by atoms with Crippen molar-refractivity contribution in [2.75, 3.05) is 28.6 Å². The second kappa shape index (κ2) is 9.92. The van der Waals surface area contributed by atoms with E-state index in [-0.39, 0.29) is 17.1 Å². The second-order valence-corrected chi connectivity index (χ2v) is 8.48. The largest absolute Gasteiger partial charge is 0.454 e. The van der Waals surface area contributed by atoms with Crippen molar-refractivity contribution < 1.29 is 27.1 Å². The van der Waals surface area contributed by atoms with Crippen LogP contribution < -0.4 is 20.3 Å². The molecule has 37 heavy (non-hydrogen) atoms. The molecule has 2 heterocycles. The number of nitrogens with zero attached hydrogens (tertiary/aromatic N) is 3. The number of nitrogens with one attached hydrogen (secondary N) is 2. The minimum Gasteiger partial charge on any atom is -0.454 e. The van der Waals surface area contributed by atoms with Gasteiger partial charge in [-0.15, -0.1) is 0 Å². The zero-order valence-electron chi connectivity index (χ0n) is 19.3. The standard InChI is InChI=1S/C26H21F4N5O2/c27-20-13-18(33-25(36)32-17-5-3-4-16(12-17)26(28,29)30)6-9-23(20)37-19-7-8-21-22(14-19)34-24(15-31-21)35-10-1-2-11-35/h3-9,12-15H,1-2,10-11H2,(H2,32,33,36). The molecule has 3 aromatic carbocycles. The Hall–Kier alpha value is -4.41. The minimum absolute atomic E-state index is 0.0555. The Labute approximate surface area is 209 Å². The topological polar surface area (TPSA) is 79.4 Å². The third-order valence-corrected chi connectivity index (χ3v) is 5.80. The number of ether oxygens (including phenoxy) is 1. The van der Waals surface area contributed by atoms with E-state index in [1.807, 2.05) is 0 Å². The summed E-state index contributed by atoms with van der Waals surface area (Å²) in [5.74, 6) is 0.329. The number of amides is 2. The second-order valence-electron chi connectivity index (χ2n) is 8.48. The average Bonchev–Trinajstić information content (AvgIpc) is 3.40. The Balaban J connectivity index is 1.26. The highest BCUT2D eigenvalue weighted by molar-refractivity contribution is 5.99. The molecule has 0 bridgehead atoms. The van der Waals surface area contributed by atoms with E-state index in [1.165, 1.54) is 24.3 Å². The monoisotopic (exact) mass is 511 g/mol. The van der Waals surface area contributed by atoms with Crippen molar-refractivity contribution in [3.05, 3.63) is 78.2 Å². The van der Waals surface area contributed by atoms with Crippen molar-refractivity contribution in [2.24, 2.45) is 0 Å². The molecule has 0 spiro atoms. The SMILES string of the molecule is O=C(Nc1cccc(C(F)(F)F)c1)Nc1ccc(Oc2ccc3ncc(N4CCCC4)nc3c2)c(F)c1. The molecule has 1 saturated heterocycles. The van der Waals surface area contributed by atoms with E-state index in [1.54, 1.807) is 24.4 Å². The van der Waals surface area contributed by atoms with Crippen LogP contribution in [0, 0.1) is 5.82 Å². The third kappa shape index (κ3) is 5.71. The van der Waals surface area contributed by atoms with Gasteiger partial charge in [0.15, 0.2) is 11.6 Å². The fraction of sp³-hybridized carbons (Fsp3) is 0.192. The van der Waals surface area contributed by atoms with Gasteiger partial charge in [0.2, 0.25) is 0 Å². The van der Waals surface area contributed by atoms with Crippen LogP contribution in [-0.4, -0.2) is 29.1 Å². The molecule has 1 aliphatic heterocycles. The molecule has 0 atom stereocenters. The minimum atomic E-state index is -4.54. The molecule has 1 aromatic heterocycles. The van der Waals surface area contributed by atoms with Gasteiger partial charge in [-0.05, 0) is 55.3 Å². The molecule has 190 valence electrons. The summed E-state index contributed by atoms with van der Waals surface area (Å²) in [6.45, 7) is 1.86. The molecule has 0 aliphatic carbocycles. The molecule has 0 unspecified atom stereocenters. The third-order valence-electron chi connectivity index (χ3n) is 5.80. The Morgan fingerprint density at radius 1 is 0.919 bits per heavy atom. The quantitative estimate of drug-likeness (QED) is 0.287. The number of benzene rings is 3. The molecule has 4 aromatic rings. The number of carbonyl (C=O) groups excluding carboxylic acids is 1. The summed E-state index contributed by atoms with van der Waals surface area (Å²) < 4.78 is 59.0. The van der Waals surface area contributed by atoms with Gasteiger partial charge in [0.25, 0.3) is 0 Å². The van der Waals surface area contributed by atoms with E-state index >= 15 is 0 Å². The summed E-state index contributed by atoms with van der Waals surface area (Å²) in [6.07, 6.45) is -0.580. The first kappa shape index (κ1) is 24.3. The zero-order chi connectivity index (χ0) is 26.0. The maximum Gasteiger partial charge on any atom is 0.416 e. The number of rotatable bonds is 5. The van der Waals surface area contributed by atoms with Crippen LogP contribution in [0.1, 0.15) is 18.4 Å². The molecule has 5 rings (SSSR count). The van der Waals surface area contributed by atoms with E-state index in [2.05, 4.69) is 25.5 Å². The zero-order valence-corrected chi connectivity index (χ0v) is 19.3. The Morgan fingerprint density at radius 3 is 2.41 bits per heavy atom. The van der Waals surface area contributed by atoms with Crippen LogP contribution in [-0.2, 0) is 6.18 Å². The van der Waals surface area contributed by atoms with E-state index in [0.29, 0.717) is 16.8 Å². The lowest BCUT2D eigenvalue weighted by Gasteiger charge is -2.16. The summed E-state index contributed by atoms with van der Waals surface area (Å²) in [5, 5.41) is 4.69. The molecular weight excluding hydrogens is 490 g/mol. The van der Waals surface area contributed by atoms with E-state index < -0.39 is 23.6 Å². The summed E-state index contributed by atoms with van der Waals surface area (Å²) in [5.41, 5.74) is 0.438. The van der Waals surface area contributed by atoms with Gasteiger partial charge >= 0.3 is 12.2 Å². The first-order valence-electron chi connectivity index (χ1n) is 11.5. The fourth-order valence-corrected chi connectivity index (χ4v) is 4.00. The summed E-state index contributed by atoms with van der Waals surface area (Å²) in [7, 11) is 0. The van der Waals surface area contributed by atoms with Crippen molar-refractivity contribution in [1.82, 2.24) is 9.97 Å². The lowest BCUT2D eigenvalue weighted by atomic mass is 10.2. The molecule has 2 N–H and O–H groups in total. The van der Waals surface area contributed by atoms with Gasteiger partial charge in [-0.2, -0.15) is 13.2 Å². The molecule has 11 heteroatoms. The first-order valence-corrected chi connectivity index (χ1v) is 11.5. The number of anilines is 3. The molecule has 0 radical (unpaired) electrons. The number of fused-ring (bicyclic) bond motifs is 1. The van der Waals surface area contributed by atoms with Gasteiger partial charge in [0, 0.05) is 36.6 Å². The van der Waals surface area contributed by atoms with Crippen molar-refractivity contribution in [2.45, 2.75) is 19.0 Å². The summed E-state index contributed by atoms with van der Waals surface area (Å²) in [6, 6.07) is 12.2. The number of aromatic nitrogens is 2. The predicted octanol–water partition coefficient (Wildman–Crippen LogP) is 6.82. The number of alkyl halides is 3. The van der Waals surface area contributed by atoms with Crippen LogP contribution in [0.15, 0.2) is 66.9 Å². The predicted molar refractivity (Wildman–Crippen MR) is 132 cm³/mol. The Morgan fingerprint density at radius 2 is 1.68 bits per heavy atom. The highest BCUT2D eigenvalue weighted by Crippen LogP contribution is 2.31. The Bertz CT molecular complexity index is 1450. The van der Waals surface area contributed by atoms with Gasteiger partial charge in [-0.25, -0.2) is 14.2 Å². The Kier molecular flexibility index (Phi) is 6.51. The van der Waals surface area contributed by atoms with Gasteiger partial charge in [0.1, 0.15) is 11.6 Å². The molecule has 1 aliphatic rings. The highest BCUT2D eigenvalue weighted by atomic mass is 19.4. The van der Waals surface area contributed by atoms with Crippen molar-refractivity contribution in [3.63, 3.8) is 0 Å². The van der Waals surface area contributed by atoms with Crippen LogP contribution in [0.3, 0.4) is 0 Å². The van der Waals surface area contributed by atoms with Crippen LogP contribution in [0.5, 0.6) is 11.5 Å². The van der Waals surface area contributed by atoms with Gasteiger partial charge in [-0.3, -0.25) is 4.98 Å². The lowest BCUT2D eigenvalue weighted by molar-refractivity contribution is -0.137. The molecule has 7 nitrogen and oxygen atoms in total. The molecule has 1 fully saturated rings. The average molecular weight is 511 g/mol. The lowest BCUT2D eigenvalue weighted by Crippen LogP contribution is -2.20. The van der Waals surface area contributed by atoms with Gasteiger partial charge in [-0.1, -0.05) is 6.07 Å². The number of carbonyl (C=O) groups is 1. The number of urea groups is 1. The summed E-state index contributed by atoms with van der Waals surface area (Å²) in [4.78, 5) is 23.5. The summed E-state index contributed by atoms with van der Waals surface area (Å²) >= 11 is 0. The van der Waals surface area contributed by atoms with Crippen LogP contribution in [0.4, 0.5) is 39.5 Å². The van der Waals surface area contributed by atoms with E-state index in [0.717, 1.165) is 49.9 Å². The number of hydrogen-bond acceptors (Lipinski definition) is 5. The smallest absolute Gasteiger partial charge is 0.416 e. The van der Waals surface area contributed by atoms with Crippen molar-refractivity contribution in [1.29, 1.82) is 0 Å². The molecule has 0 saturated carbocycles. The maximum absolute atomic E-state index is 14.7. The maximum atomic E-state index is 14.7. The first-order chi connectivity index (χ1) is 17.7. The highest BCUT2D eigenvalue weighted by Gasteiger charge is 2.30. The van der Waals surface area contributed by atoms with Gasteiger partial charge in [0.05, 0.1) is 22.8 Å². The normalized spacial score (nSPS) is 13.6. The van der Waals surface area contributed by atoms with Crippen LogP contribution in [0.2, 0.25) is 0 Å². The van der Waals surface area contributed by atoms with E-state index in [4.69, 9.17) is 4.74 Å². The number of hydrogen-bond donors (Lipinski definition) is 2. The molecule has 2 amide bonds. The van der Waals surface area contributed by atoms with Crippen molar-refractivity contribution >= 4 is 34.3 Å². The van der Waals surface area contributed by atoms with Crippen LogP contribution in [0.25, 0.3) is 11.0 Å². The van der Waals surface area contributed by atoms with Crippen LogP contribution >= 0.6 is 0 Å². The van der Waals surface area contributed by atoms with Gasteiger partial charge < -0.3 is 20.3 Å². The number of halogens is 4. The fourth-order valence-electron chi connectivity index (χ4n) is 4.00.